The van der Waals surface area contributed by atoms with Crippen LogP contribution in [0.25, 0.3) is 17.0 Å². The smallest absolute Gasteiger partial charge is 0.174 e. The third-order valence-corrected chi connectivity index (χ3v) is 5.35. The zero-order valence-electron chi connectivity index (χ0n) is 15.5. The maximum absolute atomic E-state index is 9.45. The van der Waals surface area contributed by atoms with E-state index >= 15 is 0 Å². The van der Waals surface area contributed by atoms with Gasteiger partial charge in [0, 0.05) is 11.6 Å². The first-order valence-corrected chi connectivity index (χ1v) is 9.62. The molecule has 0 radical (unpaired) electrons. The fraction of sp³-hybridized carbons (Fsp3) is 0.273. The van der Waals surface area contributed by atoms with Crippen LogP contribution in [0, 0.1) is 0 Å². The highest BCUT2D eigenvalue weighted by atomic mass is 16.3. The summed E-state index contributed by atoms with van der Waals surface area (Å²) in [5, 5.41) is 20.1. The molecule has 1 atom stereocenters. The van der Waals surface area contributed by atoms with Crippen molar-refractivity contribution < 1.29 is 5.11 Å². The Kier molecular flexibility index (Phi) is 4.33. The van der Waals surface area contributed by atoms with E-state index in [1.54, 1.807) is 6.20 Å². The Balaban J connectivity index is 1.48. The number of benzene rings is 1. The van der Waals surface area contributed by atoms with Gasteiger partial charge in [-0.2, -0.15) is 0 Å². The number of allylic oxidation sites excluding steroid dienone is 1. The fourth-order valence-corrected chi connectivity index (χ4v) is 3.87. The van der Waals surface area contributed by atoms with Gasteiger partial charge in [-0.1, -0.05) is 35.6 Å². The molecule has 3 heterocycles. The van der Waals surface area contributed by atoms with Gasteiger partial charge in [0.25, 0.3) is 0 Å². The maximum atomic E-state index is 9.45. The van der Waals surface area contributed by atoms with Gasteiger partial charge in [-0.15, -0.1) is 5.10 Å². The van der Waals surface area contributed by atoms with Gasteiger partial charge in [0.15, 0.2) is 5.49 Å². The van der Waals surface area contributed by atoms with E-state index in [1.807, 2.05) is 16.8 Å². The number of rotatable bonds is 4. The minimum Gasteiger partial charge on any atom is -0.392 e. The molecule has 0 saturated heterocycles. The van der Waals surface area contributed by atoms with Crippen molar-refractivity contribution in [1.82, 2.24) is 20.0 Å². The van der Waals surface area contributed by atoms with Crippen molar-refractivity contribution in [1.29, 1.82) is 0 Å². The Bertz CT molecular complexity index is 1220. The average molecular weight is 371 g/mol. The van der Waals surface area contributed by atoms with Gasteiger partial charge in [0.1, 0.15) is 5.35 Å². The number of nitrogens with zero attached hydrogens (tertiary/aromatic N) is 5. The van der Waals surface area contributed by atoms with Crippen LogP contribution in [-0.2, 0) is 6.54 Å². The van der Waals surface area contributed by atoms with Crippen LogP contribution in [0.3, 0.4) is 0 Å². The van der Waals surface area contributed by atoms with E-state index in [0.717, 1.165) is 52.1 Å². The Morgan fingerprint density at radius 2 is 2.14 bits per heavy atom. The molecule has 1 aliphatic carbocycles. The molecule has 0 bridgehead atoms. The van der Waals surface area contributed by atoms with Gasteiger partial charge in [-0.05, 0) is 54.2 Å². The summed E-state index contributed by atoms with van der Waals surface area (Å²) in [6.45, 7) is 0.739. The molecule has 2 aliphatic rings. The lowest BCUT2D eigenvalue weighted by atomic mass is 9.93. The predicted octanol–water partition coefficient (Wildman–Crippen LogP) is 1.69. The fourth-order valence-electron chi connectivity index (χ4n) is 3.87. The molecule has 2 aromatic heterocycles. The molecule has 28 heavy (non-hydrogen) atoms. The van der Waals surface area contributed by atoms with E-state index in [-0.39, 0.29) is 12.6 Å². The number of fused-ring (bicyclic) bond motifs is 2. The largest absolute Gasteiger partial charge is 0.392 e. The van der Waals surface area contributed by atoms with Crippen molar-refractivity contribution in [2.24, 2.45) is 4.99 Å². The van der Waals surface area contributed by atoms with Crippen LogP contribution in [0.1, 0.15) is 24.8 Å². The SMILES string of the molecule is OCC1=CC(C2CC=c3nnn(Cc4ccc5ncccc5c4)c3=N2)=CCC1. The molecule has 0 spiro atoms. The second kappa shape index (κ2) is 7.13. The highest BCUT2D eigenvalue weighted by molar-refractivity contribution is 5.78. The summed E-state index contributed by atoms with van der Waals surface area (Å²) in [5.41, 5.74) is 5.22. The lowest BCUT2D eigenvalue weighted by molar-refractivity contribution is 0.326. The van der Waals surface area contributed by atoms with Crippen molar-refractivity contribution in [2.75, 3.05) is 6.61 Å². The first-order valence-electron chi connectivity index (χ1n) is 9.62. The summed E-state index contributed by atoms with van der Waals surface area (Å²) in [6, 6.07) is 10.3. The van der Waals surface area contributed by atoms with E-state index < -0.39 is 0 Å². The van der Waals surface area contributed by atoms with Crippen LogP contribution in [0.2, 0.25) is 0 Å². The first kappa shape index (κ1) is 17.0. The number of aromatic nitrogens is 4. The molecule has 1 unspecified atom stereocenters. The highest BCUT2D eigenvalue weighted by Crippen LogP contribution is 2.23. The molecule has 1 aromatic carbocycles. The number of aliphatic hydroxyl groups excluding tert-OH is 1. The number of hydrogen-bond donors (Lipinski definition) is 1. The van der Waals surface area contributed by atoms with Crippen molar-refractivity contribution in [3.8, 4) is 0 Å². The van der Waals surface area contributed by atoms with E-state index in [4.69, 9.17) is 4.99 Å². The zero-order chi connectivity index (χ0) is 18.9. The highest BCUT2D eigenvalue weighted by Gasteiger charge is 2.18. The summed E-state index contributed by atoms with van der Waals surface area (Å²) < 4.78 is 1.87. The summed E-state index contributed by atoms with van der Waals surface area (Å²) in [7, 11) is 0. The second-order valence-corrected chi connectivity index (χ2v) is 7.27. The molecule has 1 N–H and O–H groups in total. The molecule has 0 fully saturated rings. The molecule has 0 saturated carbocycles. The van der Waals surface area contributed by atoms with Crippen LogP contribution in [0.4, 0.5) is 0 Å². The molecule has 0 amide bonds. The topological polar surface area (TPSA) is 76.2 Å². The predicted molar refractivity (Wildman–Crippen MR) is 107 cm³/mol. The van der Waals surface area contributed by atoms with Crippen molar-refractivity contribution in [3.05, 3.63) is 76.2 Å². The van der Waals surface area contributed by atoms with Crippen LogP contribution in [0.5, 0.6) is 0 Å². The minimum absolute atomic E-state index is 0.0624. The van der Waals surface area contributed by atoms with Gasteiger partial charge in [0.05, 0.1) is 24.7 Å². The van der Waals surface area contributed by atoms with Crippen LogP contribution < -0.4 is 10.8 Å². The van der Waals surface area contributed by atoms with Crippen molar-refractivity contribution >= 4 is 17.0 Å². The summed E-state index contributed by atoms with van der Waals surface area (Å²) in [6.07, 6.45) is 11.0. The molecule has 5 rings (SSSR count). The molecule has 6 heteroatoms. The Hall–Kier alpha value is -3.12. The molecular weight excluding hydrogens is 350 g/mol. The van der Waals surface area contributed by atoms with Crippen molar-refractivity contribution in [3.63, 3.8) is 0 Å². The van der Waals surface area contributed by atoms with E-state index in [9.17, 15) is 5.11 Å². The standard InChI is InChI=1S/C22H21N5O/c28-14-16-3-1-4-18(12-16)20-8-9-21-22(24-20)27(26-25-21)13-15-6-7-19-17(11-15)5-2-10-23-19/h2,4-7,9-12,20,28H,1,3,8,13-14H2. The monoisotopic (exact) mass is 371 g/mol. The van der Waals surface area contributed by atoms with Gasteiger partial charge < -0.3 is 5.11 Å². The van der Waals surface area contributed by atoms with Crippen LogP contribution >= 0.6 is 0 Å². The van der Waals surface area contributed by atoms with Crippen LogP contribution in [-0.4, -0.2) is 37.7 Å². The lowest BCUT2D eigenvalue weighted by Gasteiger charge is -2.18. The summed E-state index contributed by atoms with van der Waals surface area (Å²) in [4.78, 5) is 9.33. The third-order valence-electron chi connectivity index (χ3n) is 5.35. The molecule has 6 nitrogen and oxygen atoms in total. The molecule has 1 aliphatic heterocycles. The number of hydrogen-bond acceptors (Lipinski definition) is 5. The zero-order valence-corrected chi connectivity index (χ0v) is 15.5. The summed E-state index contributed by atoms with van der Waals surface area (Å²) >= 11 is 0. The number of aliphatic hydroxyl groups is 1. The molecule has 3 aromatic rings. The third kappa shape index (κ3) is 3.16. The van der Waals surface area contributed by atoms with E-state index in [0.29, 0.717) is 6.54 Å². The Labute approximate surface area is 162 Å². The average Bonchev–Trinajstić information content (AvgIpc) is 3.15. The van der Waals surface area contributed by atoms with Crippen molar-refractivity contribution in [2.45, 2.75) is 31.8 Å². The molecular formula is C22H21N5O. The van der Waals surface area contributed by atoms with Gasteiger partial charge in [-0.25, -0.2) is 4.68 Å². The normalized spacial score (nSPS) is 18.7. The van der Waals surface area contributed by atoms with Gasteiger partial charge in [-0.3, -0.25) is 9.98 Å². The minimum atomic E-state index is 0.0624. The van der Waals surface area contributed by atoms with Gasteiger partial charge >= 0.3 is 0 Å². The Morgan fingerprint density at radius 1 is 1.18 bits per heavy atom. The first-order chi connectivity index (χ1) is 13.8. The van der Waals surface area contributed by atoms with E-state index in [1.165, 1.54) is 5.57 Å². The Morgan fingerprint density at radius 3 is 3.07 bits per heavy atom. The van der Waals surface area contributed by atoms with Gasteiger partial charge in [0.2, 0.25) is 0 Å². The molecule has 140 valence electrons. The number of pyridine rings is 1. The van der Waals surface area contributed by atoms with Crippen LogP contribution in [0.15, 0.2) is 64.8 Å². The summed E-state index contributed by atoms with van der Waals surface area (Å²) in [5.74, 6) is 0. The quantitative estimate of drug-likeness (QED) is 0.757. The lowest BCUT2D eigenvalue weighted by Crippen LogP contribution is -2.36. The van der Waals surface area contributed by atoms with E-state index in [2.05, 4.69) is 51.7 Å². The maximum Gasteiger partial charge on any atom is 0.174 e. The second-order valence-electron chi connectivity index (χ2n) is 7.27.